The van der Waals surface area contributed by atoms with Crippen molar-refractivity contribution in [2.45, 2.75) is 39.7 Å². The van der Waals surface area contributed by atoms with Gasteiger partial charge in [-0.15, -0.1) is 0 Å². The first-order valence-corrected chi connectivity index (χ1v) is 4.19. The summed E-state index contributed by atoms with van der Waals surface area (Å²) in [6, 6.07) is 2.13. The van der Waals surface area contributed by atoms with Gasteiger partial charge in [0.1, 0.15) is 0 Å². The van der Waals surface area contributed by atoms with Crippen LogP contribution in [0.4, 0.5) is 0 Å². The van der Waals surface area contributed by atoms with E-state index in [2.05, 4.69) is 19.9 Å². The third-order valence-corrected chi connectivity index (χ3v) is 1.77. The second kappa shape index (κ2) is 5.15. The molecule has 11 heavy (non-hydrogen) atoms. The van der Waals surface area contributed by atoms with Crippen LogP contribution in [-0.4, -0.2) is 11.2 Å². The van der Waals surface area contributed by atoms with E-state index in [-0.39, 0.29) is 5.92 Å². The SMILES string of the molecule is CCC(O)C(C#N)CC(C)C. The Bertz CT molecular complexity index is 137. The number of aliphatic hydroxyl groups excluding tert-OH is 1. The molecule has 0 aliphatic heterocycles. The van der Waals surface area contributed by atoms with Crippen LogP contribution in [0.3, 0.4) is 0 Å². The van der Waals surface area contributed by atoms with Crippen LogP contribution in [0.5, 0.6) is 0 Å². The van der Waals surface area contributed by atoms with Gasteiger partial charge in [0.2, 0.25) is 0 Å². The molecular weight excluding hydrogens is 138 g/mol. The van der Waals surface area contributed by atoms with E-state index >= 15 is 0 Å². The van der Waals surface area contributed by atoms with Gasteiger partial charge in [0, 0.05) is 0 Å². The van der Waals surface area contributed by atoms with Crippen LogP contribution in [0.1, 0.15) is 33.6 Å². The molecule has 0 fully saturated rings. The van der Waals surface area contributed by atoms with Gasteiger partial charge in [-0.05, 0) is 18.8 Å². The van der Waals surface area contributed by atoms with Crippen LogP contribution in [0.25, 0.3) is 0 Å². The van der Waals surface area contributed by atoms with Gasteiger partial charge >= 0.3 is 0 Å². The molecule has 0 radical (unpaired) electrons. The number of nitrogens with zero attached hydrogens (tertiary/aromatic N) is 1. The normalized spacial score (nSPS) is 16.0. The molecule has 64 valence electrons. The summed E-state index contributed by atoms with van der Waals surface area (Å²) in [7, 11) is 0. The molecule has 0 saturated carbocycles. The van der Waals surface area contributed by atoms with Crippen molar-refractivity contribution in [2.75, 3.05) is 0 Å². The standard InChI is InChI=1S/C9H17NO/c1-4-9(11)8(6-10)5-7(2)3/h7-9,11H,4-5H2,1-3H3. The number of nitriles is 1. The van der Waals surface area contributed by atoms with Gasteiger partial charge in [-0.3, -0.25) is 0 Å². The minimum Gasteiger partial charge on any atom is -0.392 e. The van der Waals surface area contributed by atoms with Crippen molar-refractivity contribution in [3.05, 3.63) is 0 Å². The fraction of sp³-hybridized carbons (Fsp3) is 0.889. The zero-order chi connectivity index (χ0) is 8.85. The summed E-state index contributed by atoms with van der Waals surface area (Å²) in [6.45, 7) is 6.02. The van der Waals surface area contributed by atoms with E-state index < -0.39 is 6.10 Å². The number of hydrogen-bond donors (Lipinski definition) is 1. The minimum atomic E-state index is -0.442. The van der Waals surface area contributed by atoms with Crippen LogP contribution in [0.15, 0.2) is 0 Å². The molecule has 2 atom stereocenters. The molecule has 0 rings (SSSR count). The second-order valence-corrected chi connectivity index (χ2v) is 3.34. The highest BCUT2D eigenvalue weighted by atomic mass is 16.3. The van der Waals surface area contributed by atoms with Gasteiger partial charge in [-0.25, -0.2) is 0 Å². The second-order valence-electron chi connectivity index (χ2n) is 3.34. The van der Waals surface area contributed by atoms with Gasteiger partial charge in [0.25, 0.3) is 0 Å². The molecule has 0 aromatic rings. The highest BCUT2D eigenvalue weighted by Crippen LogP contribution is 2.16. The van der Waals surface area contributed by atoms with Crippen LogP contribution in [0, 0.1) is 23.2 Å². The first kappa shape index (κ1) is 10.4. The van der Waals surface area contributed by atoms with Crippen molar-refractivity contribution in [1.82, 2.24) is 0 Å². The Morgan fingerprint density at radius 2 is 2.00 bits per heavy atom. The number of rotatable bonds is 4. The molecule has 2 nitrogen and oxygen atoms in total. The molecule has 2 unspecified atom stereocenters. The maximum Gasteiger partial charge on any atom is 0.0725 e. The summed E-state index contributed by atoms with van der Waals surface area (Å²) in [5, 5.41) is 18.0. The molecule has 2 heteroatoms. The monoisotopic (exact) mass is 155 g/mol. The molecule has 0 aromatic carbocycles. The molecular formula is C9H17NO. The van der Waals surface area contributed by atoms with Gasteiger partial charge in [-0.1, -0.05) is 20.8 Å². The van der Waals surface area contributed by atoms with Crippen LogP contribution >= 0.6 is 0 Å². The third kappa shape index (κ3) is 4.00. The summed E-state index contributed by atoms with van der Waals surface area (Å²) in [6.07, 6.45) is 1.03. The van der Waals surface area contributed by atoms with E-state index in [4.69, 9.17) is 5.26 Å². The molecule has 0 saturated heterocycles. The maximum atomic E-state index is 9.34. The third-order valence-electron chi connectivity index (χ3n) is 1.77. The Labute approximate surface area is 68.8 Å². The Morgan fingerprint density at radius 1 is 1.45 bits per heavy atom. The van der Waals surface area contributed by atoms with Crippen molar-refractivity contribution in [1.29, 1.82) is 5.26 Å². The Hall–Kier alpha value is -0.550. The van der Waals surface area contributed by atoms with Gasteiger partial charge < -0.3 is 5.11 Å². The van der Waals surface area contributed by atoms with Gasteiger partial charge in [0.05, 0.1) is 18.1 Å². The zero-order valence-corrected chi connectivity index (χ0v) is 7.54. The lowest BCUT2D eigenvalue weighted by Crippen LogP contribution is -2.19. The van der Waals surface area contributed by atoms with Gasteiger partial charge in [0.15, 0.2) is 0 Å². The Balaban J connectivity index is 3.87. The summed E-state index contributed by atoms with van der Waals surface area (Å²) in [5.41, 5.74) is 0. The average Bonchev–Trinajstić information content (AvgIpc) is 1.98. The van der Waals surface area contributed by atoms with E-state index in [1.807, 2.05) is 6.92 Å². The van der Waals surface area contributed by atoms with E-state index in [1.54, 1.807) is 0 Å². The smallest absolute Gasteiger partial charge is 0.0725 e. The fourth-order valence-corrected chi connectivity index (χ4v) is 1.09. The lowest BCUT2D eigenvalue weighted by molar-refractivity contribution is 0.118. The van der Waals surface area contributed by atoms with Crippen molar-refractivity contribution in [3.8, 4) is 6.07 Å². The predicted octanol–water partition coefficient (Wildman–Crippen LogP) is 1.94. The van der Waals surface area contributed by atoms with E-state index in [0.717, 1.165) is 6.42 Å². The molecule has 0 spiro atoms. The largest absolute Gasteiger partial charge is 0.392 e. The summed E-state index contributed by atoms with van der Waals surface area (Å²) in [4.78, 5) is 0. The summed E-state index contributed by atoms with van der Waals surface area (Å²) >= 11 is 0. The predicted molar refractivity (Wildman–Crippen MR) is 44.9 cm³/mol. The summed E-state index contributed by atoms with van der Waals surface area (Å²) in [5.74, 6) is 0.306. The van der Waals surface area contributed by atoms with E-state index in [9.17, 15) is 5.11 Å². The molecule has 0 amide bonds. The average molecular weight is 155 g/mol. The highest BCUT2D eigenvalue weighted by molar-refractivity contribution is 4.88. The van der Waals surface area contributed by atoms with Crippen LogP contribution < -0.4 is 0 Å². The zero-order valence-electron chi connectivity index (χ0n) is 7.54. The van der Waals surface area contributed by atoms with Crippen molar-refractivity contribution in [2.24, 2.45) is 11.8 Å². The quantitative estimate of drug-likeness (QED) is 0.674. The Morgan fingerprint density at radius 3 is 2.27 bits per heavy atom. The van der Waals surface area contributed by atoms with Crippen molar-refractivity contribution in [3.63, 3.8) is 0 Å². The van der Waals surface area contributed by atoms with Gasteiger partial charge in [-0.2, -0.15) is 5.26 Å². The minimum absolute atomic E-state index is 0.181. The molecule has 0 aromatic heterocycles. The fourth-order valence-electron chi connectivity index (χ4n) is 1.09. The van der Waals surface area contributed by atoms with E-state index in [1.165, 1.54) is 0 Å². The van der Waals surface area contributed by atoms with Crippen molar-refractivity contribution >= 4 is 0 Å². The van der Waals surface area contributed by atoms with Crippen LogP contribution in [0.2, 0.25) is 0 Å². The highest BCUT2D eigenvalue weighted by Gasteiger charge is 2.17. The topological polar surface area (TPSA) is 44.0 Å². The summed E-state index contributed by atoms with van der Waals surface area (Å²) < 4.78 is 0. The number of aliphatic hydroxyl groups is 1. The first-order chi connectivity index (χ1) is 5.11. The Kier molecular flexibility index (Phi) is 4.89. The van der Waals surface area contributed by atoms with E-state index in [0.29, 0.717) is 12.3 Å². The van der Waals surface area contributed by atoms with Crippen LogP contribution in [-0.2, 0) is 0 Å². The first-order valence-electron chi connectivity index (χ1n) is 4.19. The lowest BCUT2D eigenvalue weighted by atomic mass is 9.92. The molecule has 1 N–H and O–H groups in total. The lowest BCUT2D eigenvalue weighted by Gasteiger charge is -2.16. The molecule has 0 heterocycles. The maximum absolute atomic E-state index is 9.34. The molecule has 0 aliphatic carbocycles. The molecule has 0 bridgehead atoms. The number of hydrogen-bond acceptors (Lipinski definition) is 2. The van der Waals surface area contributed by atoms with Crippen molar-refractivity contribution < 1.29 is 5.11 Å². The molecule has 0 aliphatic rings.